The number of pyridine rings is 1. The number of rotatable bonds is 7. The summed E-state index contributed by atoms with van der Waals surface area (Å²) in [5, 5.41) is 16.9. The molecule has 1 aliphatic rings. The summed E-state index contributed by atoms with van der Waals surface area (Å²) in [5.74, 6) is 0.377. The van der Waals surface area contributed by atoms with Gasteiger partial charge < -0.3 is 24.4 Å². The van der Waals surface area contributed by atoms with Crippen LogP contribution in [0.15, 0.2) is 35.0 Å². The summed E-state index contributed by atoms with van der Waals surface area (Å²) in [6.07, 6.45) is 2.46. The molecule has 0 saturated carbocycles. The molecule has 0 aliphatic carbocycles. The number of hydrogen-bond acceptors (Lipinski definition) is 7. The van der Waals surface area contributed by atoms with Gasteiger partial charge in [0.25, 0.3) is 0 Å². The lowest BCUT2D eigenvalue weighted by Crippen LogP contribution is -2.47. The maximum absolute atomic E-state index is 11.5. The molecule has 1 aliphatic heterocycles. The SMILES string of the molecule is COCC(=O)NC[C@H]1O[C@H](Cc2cc(-c3ccccn3)on2)CC[C@@H]1O. The largest absolute Gasteiger partial charge is 0.390 e. The lowest BCUT2D eigenvalue weighted by Gasteiger charge is -2.33. The van der Waals surface area contributed by atoms with E-state index in [9.17, 15) is 9.90 Å². The first-order valence-corrected chi connectivity index (χ1v) is 8.62. The summed E-state index contributed by atoms with van der Waals surface area (Å²) in [6, 6.07) is 7.44. The van der Waals surface area contributed by atoms with Crippen molar-refractivity contribution in [1.29, 1.82) is 0 Å². The van der Waals surface area contributed by atoms with Gasteiger partial charge in [-0.2, -0.15) is 0 Å². The first-order chi connectivity index (χ1) is 12.7. The van der Waals surface area contributed by atoms with Crippen LogP contribution in [0.25, 0.3) is 11.5 Å². The highest BCUT2D eigenvalue weighted by atomic mass is 16.5. The fourth-order valence-electron chi connectivity index (χ4n) is 2.95. The van der Waals surface area contributed by atoms with E-state index in [2.05, 4.69) is 15.5 Å². The van der Waals surface area contributed by atoms with E-state index in [1.165, 1.54) is 7.11 Å². The molecule has 3 rings (SSSR count). The fraction of sp³-hybridized carbons (Fsp3) is 0.500. The van der Waals surface area contributed by atoms with Gasteiger partial charge in [0.2, 0.25) is 5.91 Å². The molecule has 1 fully saturated rings. The number of aromatic nitrogens is 2. The van der Waals surface area contributed by atoms with E-state index in [1.54, 1.807) is 6.20 Å². The van der Waals surface area contributed by atoms with Gasteiger partial charge >= 0.3 is 0 Å². The number of aliphatic hydroxyl groups is 1. The highest BCUT2D eigenvalue weighted by Crippen LogP contribution is 2.24. The van der Waals surface area contributed by atoms with Crippen LogP contribution in [0.1, 0.15) is 18.5 Å². The number of aliphatic hydroxyl groups excluding tert-OH is 1. The number of ether oxygens (including phenoxy) is 2. The summed E-state index contributed by atoms with van der Waals surface area (Å²) < 4.78 is 16.1. The van der Waals surface area contributed by atoms with Gasteiger partial charge in [-0.25, -0.2) is 0 Å². The average Bonchev–Trinajstić information content (AvgIpc) is 3.12. The zero-order valence-corrected chi connectivity index (χ0v) is 14.6. The van der Waals surface area contributed by atoms with E-state index in [4.69, 9.17) is 14.0 Å². The summed E-state index contributed by atoms with van der Waals surface area (Å²) in [7, 11) is 1.46. The minimum Gasteiger partial charge on any atom is -0.390 e. The third-order valence-electron chi connectivity index (χ3n) is 4.27. The maximum Gasteiger partial charge on any atom is 0.246 e. The number of carbonyl (C=O) groups is 1. The highest BCUT2D eigenvalue weighted by Gasteiger charge is 2.30. The van der Waals surface area contributed by atoms with Crippen molar-refractivity contribution >= 4 is 5.91 Å². The molecule has 0 spiro atoms. The molecule has 2 aromatic heterocycles. The number of methoxy groups -OCH3 is 1. The Kier molecular flexibility index (Phi) is 6.32. The first-order valence-electron chi connectivity index (χ1n) is 8.62. The van der Waals surface area contributed by atoms with Crippen molar-refractivity contribution in [3.05, 3.63) is 36.2 Å². The Labute approximate surface area is 151 Å². The van der Waals surface area contributed by atoms with Crippen molar-refractivity contribution in [2.24, 2.45) is 0 Å². The van der Waals surface area contributed by atoms with Gasteiger partial charge in [-0.15, -0.1) is 0 Å². The molecule has 140 valence electrons. The molecule has 0 bridgehead atoms. The monoisotopic (exact) mass is 361 g/mol. The van der Waals surface area contributed by atoms with Gasteiger partial charge in [0, 0.05) is 32.3 Å². The number of nitrogens with one attached hydrogen (secondary N) is 1. The number of hydrogen-bond donors (Lipinski definition) is 2. The normalized spacial score (nSPS) is 22.9. The molecule has 3 heterocycles. The van der Waals surface area contributed by atoms with Crippen molar-refractivity contribution in [3.63, 3.8) is 0 Å². The average molecular weight is 361 g/mol. The van der Waals surface area contributed by atoms with Gasteiger partial charge in [-0.1, -0.05) is 11.2 Å². The molecule has 2 aromatic rings. The van der Waals surface area contributed by atoms with E-state index < -0.39 is 12.2 Å². The van der Waals surface area contributed by atoms with Crippen LogP contribution in [-0.2, 0) is 20.7 Å². The molecular weight excluding hydrogens is 338 g/mol. The zero-order valence-electron chi connectivity index (χ0n) is 14.6. The molecule has 1 saturated heterocycles. The van der Waals surface area contributed by atoms with Crippen LogP contribution in [0.4, 0.5) is 0 Å². The number of carbonyl (C=O) groups excluding carboxylic acids is 1. The van der Waals surface area contributed by atoms with Crippen LogP contribution >= 0.6 is 0 Å². The third-order valence-corrected chi connectivity index (χ3v) is 4.27. The molecule has 0 unspecified atom stereocenters. The Balaban J connectivity index is 1.55. The Hall–Kier alpha value is -2.29. The lowest BCUT2D eigenvalue weighted by atomic mass is 9.98. The molecule has 0 aromatic carbocycles. The van der Waals surface area contributed by atoms with Gasteiger partial charge in [-0.3, -0.25) is 9.78 Å². The van der Waals surface area contributed by atoms with Crippen LogP contribution in [0.2, 0.25) is 0 Å². The minimum atomic E-state index is -0.601. The molecule has 26 heavy (non-hydrogen) atoms. The second-order valence-electron chi connectivity index (χ2n) is 6.28. The summed E-state index contributed by atoms with van der Waals surface area (Å²) >= 11 is 0. The van der Waals surface area contributed by atoms with E-state index in [1.807, 2.05) is 24.3 Å². The predicted molar refractivity (Wildman–Crippen MR) is 92.2 cm³/mol. The summed E-state index contributed by atoms with van der Waals surface area (Å²) in [6.45, 7) is 0.235. The van der Waals surface area contributed by atoms with Crippen LogP contribution in [-0.4, -0.2) is 59.7 Å². The molecule has 2 N–H and O–H groups in total. The van der Waals surface area contributed by atoms with E-state index in [0.717, 1.165) is 17.8 Å². The Bertz CT molecular complexity index is 706. The van der Waals surface area contributed by atoms with Crippen molar-refractivity contribution in [2.75, 3.05) is 20.3 Å². The van der Waals surface area contributed by atoms with Gasteiger partial charge in [0.1, 0.15) is 18.4 Å². The molecular formula is C18H23N3O5. The second kappa shape index (κ2) is 8.88. The van der Waals surface area contributed by atoms with Crippen molar-refractivity contribution in [3.8, 4) is 11.5 Å². The first kappa shape index (κ1) is 18.5. The smallest absolute Gasteiger partial charge is 0.246 e. The third kappa shape index (κ3) is 4.87. The molecule has 8 heteroatoms. The highest BCUT2D eigenvalue weighted by molar-refractivity contribution is 5.77. The van der Waals surface area contributed by atoms with Crippen molar-refractivity contribution in [2.45, 2.75) is 37.6 Å². The Morgan fingerprint density at radius 3 is 3.08 bits per heavy atom. The fourth-order valence-corrected chi connectivity index (χ4v) is 2.95. The van der Waals surface area contributed by atoms with E-state index in [0.29, 0.717) is 18.6 Å². The number of nitrogens with zero attached hydrogens (tertiary/aromatic N) is 2. The molecule has 1 amide bonds. The summed E-state index contributed by atoms with van der Waals surface area (Å²) in [5.41, 5.74) is 1.50. The van der Waals surface area contributed by atoms with E-state index in [-0.39, 0.29) is 25.2 Å². The summed E-state index contributed by atoms with van der Waals surface area (Å²) in [4.78, 5) is 15.7. The standard InChI is InChI=1S/C18H23N3O5/c1-24-11-18(23)20-10-17-15(22)6-5-13(25-17)8-12-9-16(26-21-12)14-4-2-3-7-19-14/h2-4,7,9,13,15,17,22H,5-6,8,10-11H2,1H3,(H,20,23)/t13-,15-,17+/m0/s1. The van der Waals surface area contributed by atoms with Crippen LogP contribution in [0, 0.1) is 0 Å². The number of amides is 1. The molecule has 3 atom stereocenters. The van der Waals surface area contributed by atoms with Crippen LogP contribution in [0.5, 0.6) is 0 Å². The van der Waals surface area contributed by atoms with E-state index >= 15 is 0 Å². The van der Waals surface area contributed by atoms with Crippen molar-refractivity contribution < 1.29 is 23.9 Å². The topological polar surface area (TPSA) is 107 Å². The minimum absolute atomic E-state index is 0.0124. The Morgan fingerprint density at radius 1 is 1.42 bits per heavy atom. The van der Waals surface area contributed by atoms with Gasteiger partial charge in [0.05, 0.1) is 17.9 Å². The van der Waals surface area contributed by atoms with Crippen molar-refractivity contribution in [1.82, 2.24) is 15.5 Å². The van der Waals surface area contributed by atoms with Crippen LogP contribution in [0.3, 0.4) is 0 Å². The van der Waals surface area contributed by atoms with Gasteiger partial charge in [-0.05, 0) is 25.0 Å². The second-order valence-corrected chi connectivity index (χ2v) is 6.28. The Morgan fingerprint density at radius 2 is 2.31 bits per heavy atom. The molecule has 0 radical (unpaired) electrons. The van der Waals surface area contributed by atoms with Gasteiger partial charge in [0.15, 0.2) is 5.76 Å². The maximum atomic E-state index is 11.5. The predicted octanol–water partition coefficient (Wildman–Crippen LogP) is 0.950. The lowest BCUT2D eigenvalue weighted by molar-refractivity contribution is -0.131. The molecule has 8 nitrogen and oxygen atoms in total. The zero-order chi connectivity index (χ0) is 18.4. The quantitative estimate of drug-likeness (QED) is 0.756. The van der Waals surface area contributed by atoms with Crippen LogP contribution < -0.4 is 5.32 Å².